The van der Waals surface area contributed by atoms with Crippen molar-refractivity contribution in [1.82, 2.24) is 4.90 Å². The van der Waals surface area contributed by atoms with Gasteiger partial charge < -0.3 is 10.2 Å². The van der Waals surface area contributed by atoms with Crippen LogP contribution in [0.1, 0.15) is 15.9 Å². The summed E-state index contributed by atoms with van der Waals surface area (Å²) < 4.78 is 0.935. The Hall–Kier alpha value is -1.56. The standard InChI is InChI=1S/C17H15BrCl2N2O2/c1-10-7-12(18)4-6-15(10)21-16(23)9-22(2)17(24)11-3-5-13(19)14(20)8-11/h3-8H,9H2,1-2H3,(H,21,23). The van der Waals surface area contributed by atoms with Gasteiger partial charge in [0.25, 0.3) is 5.91 Å². The molecular formula is C17H15BrCl2N2O2. The Morgan fingerprint density at radius 1 is 1.12 bits per heavy atom. The Balaban J connectivity index is 2.02. The molecule has 2 aromatic rings. The van der Waals surface area contributed by atoms with Gasteiger partial charge >= 0.3 is 0 Å². The number of amides is 2. The number of carbonyl (C=O) groups excluding carboxylic acids is 2. The van der Waals surface area contributed by atoms with Gasteiger partial charge in [-0.1, -0.05) is 39.1 Å². The van der Waals surface area contributed by atoms with E-state index >= 15 is 0 Å². The van der Waals surface area contributed by atoms with Crippen molar-refractivity contribution >= 4 is 56.6 Å². The van der Waals surface area contributed by atoms with E-state index in [-0.39, 0.29) is 18.4 Å². The molecule has 7 heteroatoms. The molecule has 0 radical (unpaired) electrons. The third-order valence-corrected chi connectivity index (χ3v) is 4.59. The molecule has 1 N–H and O–H groups in total. The van der Waals surface area contributed by atoms with Gasteiger partial charge in [0.2, 0.25) is 5.91 Å². The van der Waals surface area contributed by atoms with E-state index in [1.807, 2.05) is 19.1 Å². The van der Waals surface area contributed by atoms with Crippen molar-refractivity contribution in [1.29, 1.82) is 0 Å². The normalized spacial score (nSPS) is 10.4. The average Bonchev–Trinajstić information content (AvgIpc) is 2.52. The van der Waals surface area contributed by atoms with Gasteiger partial charge in [0, 0.05) is 22.8 Å². The highest BCUT2D eigenvalue weighted by atomic mass is 79.9. The van der Waals surface area contributed by atoms with Gasteiger partial charge in [-0.25, -0.2) is 0 Å². The molecule has 2 amide bonds. The minimum atomic E-state index is -0.309. The number of aryl methyl sites for hydroxylation is 1. The molecule has 24 heavy (non-hydrogen) atoms. The molecule has 0 spiro atoms. The van der Waals surface area contributed by atoms with Crippen LogP contribution in [0.2, 0.25) is 10.0 Å². The Morgan fingerprint density at radius 2 is 1.83 bits per heavy atom. The van der Waals surface area contributed by atoms with Crippen molar-refractivity contribution in [2.75, 3.05) is 18.9 Å². The second kappa shape index (κ2) is 8.01. The van der Waals surface area contributed by atoms with E-state index in [0.29, 0.717) is 21.3 Å². The topological polar surface area (TPSA) is 49.4 Å². The lowest BCUT2D eigenvalue weighted by molar-refractivity contribution is -0.116. The fourth-order valence-corrected chi connectivity index (χ4v) is 2.87. The van der Waals surface area contributed by atoms with Gasteiger partial charge in [-0.2, -0.15) is 0 Å². The van der Waals surface area contributed by atoms with E-state index in [4.69, 9.17) is 23.2 Å². The van der Waals surface area contributed by atoms with Crippen molar-refractivity contribution in [3.63, 3.8) is 0 Å². The van der Waals surface area contributed by atoms with Crippen LogP contribution in [0, 0.1) is 6.92 Å². The highest BCUT2D eigenvalue weighted by molar-refractivity contribution is 9.10. The molecule has 0 atom stereocenters. The van der Waals surface area contributed by atoms with Crippen molar-refractivity contribution < 1.29 is 9.59 Å². The van der Waals surface area contributed by atoms with Crippen molar-refractivity contribution in [3.8, 4) is 0 Å². The number of anilines is 1. The smallest absolute Gasteiger partial charge is 0.254 e. The summed E-state index contributed by atoms with van der Waals surface area (Å²) >= 11 is 15.1. The first-order valence-corrected chi connectivity index (χ1v) is 8.59. The second-order valence-electron chi connectivity index (χ2n) is 5.30. The Morgan fingerprint density at radius 3 is 2.46 bits per heavy atom. The van der Waals surface area contributed by atoms with Gasteiger partial charge in [-0.3, -0.25) is 9.59 Å². The number of hydrogen-bond acceptors (Lipinski definition) is 2. The summed E-state index contributed by atoms with van der Waals surface area (Å²) in [6, 6.07) is 10.2. The lowest BCUT2D eigenvalue weighted by Crippen LogP contribution is -2.35. The zero-order valence-electron chi connectivity index (χ0n) is 13.1. The molecule has 2 aromatic carbocycles. The average molecular weight is 430 g/mol. The van der Waals surface area contributed by atoms with Gasteiger partial charge in [0.1, 0.15) is 0 Å². The molecule has 0 aromatic heterocycles. The SMILES string of the molecule is Cc1cc(Br)ccc1NC(=O)CN(C)C(=O)c1ccc(Cl)c(Cl)c1. The van der Waals surface area contributed by atoms with E-state index in [1.54, 1.807) is 25.2 Å². The summed E-state index contributed by atoms with van der Waals surface area (Å²) in [6.45, 7) is 1.82. The fourth-order valence-electron chi connectivity index (χ4n) is 2.09. The van der Waals surface area contributed by atoms with E-state index in [0.717, 1.165) is 10.0 Å². The number of likely N-dealkylation sites (N-methyl/N-ethyl adjacent to an activating group) is 1. The van der Waals surface area contributed by atoms with Crippen molar-refractivity contribution in [2.24, 2.45) is 0 Å². The molecular weight excluding hydrogens is 415 g/mol. The third kappa shape index (κ3) is 4.72. The minimum Gasteiger partial charge on any atom is -0.332 e. The summed E-state index contributed by atoms with van der Waals surface area (Å²) in [4.78, 5) is 25.8. The number of hydrogen-bond donors (Lipinski definition) is 1. The molecule has 0 heterocycles. The van der Waals surface area contributed by atoms with Gasteiger partial charge in [0.05, 0.1) is 16.6 Å². The molecule has 0 bridgehead atoms. The van der Waals surface area contributed by atoms with Crippen LogP contribution in [0.15, 0.2) is 40.9 Å². The number of nitrogens with zero attached hydrogens (tertiary/aromatic N) is 1. The van der Waals surface area contributed by atoms with Crippen molar-refractivity contribution in [2.45, 2.75) is 6.92 Å². The van der Waals surface area contributed by atoms with Crippen LogP contribution < -0.4 is 5.32 Å². The van der Waals surface area contributed by atoms with E-state index in [1.165, 1.54) is 11.0 Å². The molecule has 0 saturated heterocycles. The summed E-state index contributed by atoms with van der Waals surface area (Å²) in [5, 5.41) is 3.47. The van der Waals surface area contributed by atoms with E-state index < -0.39 is 0 Å². The summed E-state index contributed by atoms with van der Waals surface area (Å²) in [5.41, 5.74) is 2.01. The predicted molar refractivity (Wildman–Crippen MR) is 101 cm³/mol. The molecule has 0 aliphatic rings. The summed E-state index contributed by atoms with van der Waals surface area (Å²) in [7, 11) is 1.55. The lowest BCUT2D eigenvalue weighted by Gasteiger charge is -2.17. The van der Waals surface area contributed by atoms with Crippen LogP contribution >= 0.6 is 39.1 Å². The number of benzene rings is 2. The van der Waals surface area contributed by atoms with Crippen LogP contribution in [-0.4, -0.2) is 30.3 Å². The first-order chi connectivity index (χ1) is 11.3. The maximum Gasteiger partial charge on any atom is 0.254 e. The summed E-state index contributed by atoms with van der Waals surface area (Å²) in [6.07, 6.45) is 0. The van der Waals surface area contributed by atoms with Crippen LogP contribution in [0.3, 0.4) is 0 Å². The maximum absolute atomic E-state index is 12.3. The molecule has 0 aliphatic heterocycles. The molecule has 2 rings (SSSR count). The van der Waals surface area contributed by atoms with Crippen LogP contribution in [0.5, 0.6) is 0 Å². The van der Waals surface area contributed by atoms with Crippen molar-refractivity contribution in [3.05, 3.63) is 62.0 Å². The number of carbonyl (C=O) groups is 2. The molecule has 126 valence electrons. The van der Waals surface area contributed by atoms with Gasteiger partial charge in [0.15, 0.2) is 0 Å². The van der Waals surface area contributed by atoms with E-state index in [2.05, 4.69) is 21.2 Å². The monoisotopic (exact) mass is 428 g/mol. The second-order valence-corrected chi connectivity index (χ2v) is 7.03. The van der Waals surface area contributed by atoms with Crippen LogP contribution in [0.4, 0.5) is 5.69 Å². The quantitative estimate of drug-likeness (QED) is 0.760. The van der Waals surface area contributed by atoms with E-state index in [9.17, 15) is 9.59 Å². The Labute approximate surface area is 158 Å². The fraction of sp³-hybridized carbons (Fsp3) is 0.176. The Bertz CT molecular complexity index is 796. The molecule has 0 saturated carbocycles. The molecule has 0 unspecified atom stereocenters. The van der Waals surface area contributed by atoms with Crippen LogP contribution in [0.25, 0.3) is 0 Å². The summed E-state index contributed by atoms with van der Waals surface area (Å²) in [5.74, 6) is -0.590. The minimum absolute atomic E-state index is 0.0748. The third-order valence-electron chi connectivity index (χ3n) is 3.36. The lowest BCUT2D eigenvalue weighted by atomic mass is 10.2. The molecule has 0 fully saturated rings. The maximum atomic E-state index is 12.3. The molecule has 4 nitrogen and oxygen atoms in total. The first kappa shape index (κ1) is 18.8. The number of rotatable bonds is 4. The highest BCUT2D eigenvalue weighted by Crippen LogP contribution is 2.23. The number of halogens is 3. The zero-order valence-corrected chi connectivity index (χ0v) is 16.2. The first-order valence-electron chi connectivity index (χ1n) is 7.04. The largest absolute Gasteiger partial charge is 0.332 e. The number of nitrogens with one attached hydrogen (secondary N) is 1. The Kier molecular flexibility index (Phi) is 6.27. The van der Waals surface area contributed by atoms with Crippen LogP contribution in [-0.2, 0) is 4.79 Å². The zero-order chi connectivity index (χ0) is 17.9. The van der Waals surface area contributed by atoms with Gasteiger partial charge in [-0.05, 0) is 48.9 Å². The van der Waals surface area contributed by atoms with Gasteiger partial charge in [-0.15, -0.1) is 0 Å². The predicted octanol–water partition coefficient (Wildman–Crippen LogP) is 4.78. The highest BCUT2D eigenvalue weighted by Gasteiger charge is 2.16. The molecule has 0 aliphatic carbocycles.